The summed E-state index contributed by atoms with van der Waals surface area (Å²) in [5.74, 6) is 1.05. The van der Waals surface area contributed by atoms with E-state index in [-0.39, 0.29) is 16.6 Å². The van der Waals surface area contributed by atoms with E-state index < -0.39 is 10.0 Å². The zero-order chi connectivity index (χ0) is 28.4. The van der Waals surface area contributed by atoms with Crippen molar-refractivity contribution >= 4 is 21.7 Å². The molecule has 1 aliphatic carbocycles. The number of Topliss-reactive ketones (excluding diaryl/α,β-unsaturated/α-hetero) is 1. The van der Waals surface area contributed by atoms with Gasteiger partial charge in [0.15, 0.2) is 5.78 Å². The molecule has 0 radical (unpaired) electrons. The van der Waals surface area contributed by atoms with Gasteiger partial charge in [0, 0.05) is 36.1 Å². The summed E-state index contributed by atoms with van der Waals surface area (Å²) in [4.78, 5) is 17.8. The molecule has 40 heavy (non-hydrogen) atoms. The molecule has 2 aromatic carbocycles. The highest BCUT2D eigenvalue weighted by Gasteiger charge is 2.26. The van der Waals surface area contributed by atoms with E-state index in [2.05, 4.69) is 22.9 Å². The molecule has 0 unspecified atom stereocenters. The number of aryl methyl sites for hydroxylation is 3. The van der Waals surface area contributed by atoms with Crippen molar-refractivity contribution in [3.63, 3.8) is 0 Å². The fourth-order valence-electron chi connectivity index (χ4n) is 5.13. The van der Waals surface area contributed by atoms with Crippen molar-refractivity contribution in [2.45, 2.75) is 70.7 Å². The molecule has 0 atom stereocenters. The molecule has 5 rings (SSSR count). The van der Waals surface area contributed by atoms with Gasteiger partial charge in [-0.1, -0.05) is 42.4 Å². The molecular weight excluding hydrogens is 526 g/mol. The van der Waals surface area contributed by atoms with Crippen LogP contribution in [0.2, 0.25) is 0 Å². The van der Waals surface area contributed by atoms with Gasteiger partial charge in [0.1, 0.15) is 11.5 Å². The molecule has 4 aromatic rings. The van der Waals surface area contributed by atoms with Crippen molar-refractivity contribution < 1.29 is 17.7 Å². The SMILES string of the molecule is CCCc1nc2c(n1Cc1ccc(-c3ccccc3S(=O)(=O)Nc3onc(C)c3C)c(C#N)c1)C(=O)CCCC2. The van der Waals surface area contributed by atoms with E-state index in [9.17, 15) is 18.5 Å². The second-order valence-electron chi connectivity index (χ2n) is 10.1. The Kier molecular flexibility index (Phi) is 7.59. The highest BCUT2D eigenvalue weighted by molar-refractivity contribution is 7.92. The van der Waals surface area contributed by atoms with Crippen LogP contribution >= 0.6 is 0 Å². The Morgan fingerprint density at radius 2 is 1.88 bits per heavy atom. The minimum Gasteiger partial charge on any atom is -0.337 e. The number of ketones is 1. The fourth-order valence-corrected chi connectivity index (χ4v) is 6.40. The number of nitrogens with one attached hydrogen (secondary N) is 1. The van der Waals surface area contributed by atoms with Gasteiger partial charge < -0.3 is 9.09 Å². The predicted octanol–water partition coefficient (Wildman–Crippen LogP) is 5.74. The maximum absolute atomic E-state index is 13.4. The second kappa shape index (κ2) is 11.1. The summed E-state index contributed by atoms with van der Waals surface area (Å²) < 4.78 is 36.5. The quantitative estimate of drug-likeness (QED) is 0.273. The number of imidazole rings is 1. The van der Waals surface area contributed by atoms with Gasteiger partial charge in [-0.15, -0.1) is 0 Å². The molecule has 10 heteroatoms. The van der Waals surface area contributed by atoms with E-state index >= 15 is 0 Å². The number of aromatic nitrogens is 3. The van der Waals surface area contributed by atoms with Gasteiger partial charge >= 0.3 is 0 Å². The Bertz CT molecular complexity index is 1740. The largest absolute Gasteiger partial charge is 0.337 e. The first-order chi connectivity index (χ1) is 19.2. The van der Waals surface area contributed by atoms with Crippen molar-refractivity contribution in [1.82, 2.24) is 14.7 Å². The number of rotatable bonds is 8. The number of carbonyl (C=O) groups excluding carboxylic acids is 1. The normalized spacial score (nSPS) is 13.5. The van der Waals surface area contributed by atoms with Crippen LogP contribution in [0.4, 0.5) is 5.88 Å². The van der Waals surface area contributed by atoms with E-state index in [1.165, 1.54) is 6.07 Å². The molecule has 0 saturated heterocycles. The Labute approximate surface area is 233 Å². The molecule has 9 nitrogen and oxygen atoms in total. The number of hydrogen-bond donors (Lipinski definition) is 1. The zero-order valence-corrected chi connectivity index (χ0v) is 23.6. The average Bonchev–Trinajstić information content (AvgIpc) is 3.37. The first-order valence-corrected chi connectivity index (χ1v) is 14.9. The molecule has 206 valence electrons. The van der Waals surface area contributed by atoms with Crippen LogP contribution in [0.3, 0.4) is 0 Å². The molecule has 0 aliphatic heterocycles. The van der Waals surface area contributed by atoms with E-state index in [1.807, 2.05) is 10.6 Å². The Balaban J connectivity index is 1.53. The first kappa shape index (κ1) is 27.3. The maximum atomic E-state index is 13.4. The van der Waals surface area contributed by atoms with Gasteiger partial charge in [-0.05, 0) is 57.2 Å². The highest BCUT2D eigenvalue weighted by Crippen LogP contribution is 2.33. The van der Waals surface area contributed by atoms with Crippen molar-refractivity contribution in [2.75, 3.05) is 4.72 Å². The molecular formula is C30H31N5O4S. The maximum Gasteiger partial charge on any atom is 0.264 e. The summed E-state index contributed by atoms with van der Waals surface area (Å²) in [7, 11) is -4.05. The van der Waals surface area contributed by atoms with Crippen LogP contribution in [0.15, 0.2) is 51.9 Å². The lowest BCUT2D eigenvalue weighted by molar-refractivity contribution is 0.0973. The molecule has 0 amide bonds. The number of carbonyl (C=O) groups is 1. The third-order valence-electron chi connectivity index (χ3n) is 7.32. The standard InChI is InChI=1S/C30H31N5O4S/c1-4-9-28-32-25-11-6-7-12-26(36)29(25)35(28)18-21-14-15-23(22(16-21)17-31)24-10-5-8-13-27(24)40(37,38)34-30-19(2)20(3)33-39-30/h5,8,10,13-16,34H,4,6-7,9,11-12,18H2,1-3H3. The van der Waals surface area contributed by atoms with Gasteiger partial charge in [0.05, 0.1) is 27.9 Å². The molecule has 0 bridgehead atoms. The first-order valence-electron chi connectivity index (χ1n) is 13.4. The topological polar surface area (TPSA) is 131 Å². The van der Waals surface area contributed by atoms with Crippen LogP contribution in [-0.4, -0.2) is 28.9 Å². The molecule has 0 saturated carbocycles. The summed E-state index contributed by atoms with van der Waals surface area (Å²) in [6, 6.07) is 14.2. The van der Waals surface area contributed by atoms with Crippen molar-refractivity contribution in [1.29, 1.82) is 5.26 Å². The molecule has 0 spiro atoms. The number of nitrogens with zero attached hydrogens (tertiary/aromatic N) is 4. The Morgan fingerprint density at radius 1 is 1.10 bits per heavy atom. The van der Waals surface area contributed by atoms with Gasteiger partial charge in [-0.2, -0.15) is 5.26 Å². The van der Waals surface area contributed by atoms with Crippen LogP contribution in [0.1, 0.15) is 77.0 Å². The van der Waals surface area contributed by atoms with Crippen molar-refractivity contribution in [3.05, 3.63) is 82.1 Å². The number of anilines is 1. The number of sulfonamides is 1. The Morgan fingerprint density at radius 3 is 2.60 bits per heavy atom. The van der Waals surface area contributed by atoms with Crippen LogP contribution in [-0.2, 0) is 29.4 Å². The minimum atomic E-state index is -4.05. The summed E-state index contributed by atoms with van der Waals surface area (Å²) >= 11 is 0. The summed E-state index contributed by atoms with van der Waals surface area (Å²) in [5, 5.41) is 13.9. The third-order valence-corrected chi connectivity index (χ3v) is 8.71. The van der Waals surface area contributed by atoms with E-state index in [4.69, 9.17) is 9.51 Å². The van der Waals surface area contributed by atoms with Gasteiger partial charge in [0.2, 0.25) is 5.88 Å². The van der Waals surface area contributed by atoms with Gasteiger partial charge in [-0.3, -0.25) is 4.79 Å². The smallest absolute Gasteiger partial charge is 0.264 e. The number of benzene rings is 2. The molecule has 0 fully saturated rings. The summed E-state index contributed by atoms with van der Waals surface area (Å²) in [5.41, 5.74) is 4.80. The highest BCUT2D eigenvalue weighted by atomic mass is 32.2. The van der Waals surface area contributed by atoms with Crippen LogP contribution < -0.4 is 4.72 Å². The van der Waals surface area contributed by atoms with E-state index in [1.54, 1.807) is 44.2 Å². The van der Waals surface area contributed by atoms with Crippen molar-refractivity contribution in [2.24, 2.45) is 0 Å². The van der Waals surface area contributed by atoms with Gasteiger partial charge in [0.25, 0.3) is 10.0 Å². The minimum absolute atomic E-state index is 0.0171. The third kappa shape index (κ3) is 5.17. The lowest BCUT2D eigenvalue weighted by Crippen LogP contribution is -2.15. The van der Waals surface area contributed by atoms with Crippen molar-refractivity contribution in [3.8, 4) is 17.2 Å². The summed E-state index contributed by atoms with van der Waals surface area (Å²) in [6.45, 7) is 5.94. The predicted molar refractivity (Wildman–Crippen MR) is 151 cm³/mol. The fraction of sp³-hybridized carbons (Fsp3) is 0.333. The molecule has 2 heterocycles. The Hall–Kier alpha value is -4.23. The van der Waals surface area contributed by atoms with Crippen LogP contribution in [0.25, 0.3) is 11.1 Å². The molecule has 1 aliphatic rings. The van der Waals surface area contributed by atoms with Crippen LogP contribution in [0, 0.1) is 25.2 Å². The summed E-state index contributed by atoms with van der Waals surface area (Å²) in [6.07, 6.45) is 4.77. The lowest BCUT2D eigenvalue weighted by Gasteiger charge is -2.15. The monoisotopic (exact) mass is 557 g/mol. The zero-order valence-electron chi connectivity index (χ0n) is 22.8. The molecule has 1 N–H and O–H groups in total. The van der Waals surface area contributed by atoms with Gasteiger partial charge in [-0.25, -0.2) is 18.1 Å². The van der Waals surface area contributed by atoms with E-state index in [0.717, 1.165) is 49.2 Å². The van der Waals surface area contributed by atoms with E-state index in [0.29, 0.717) is 46.6 Å². The number of hydrogen-bond acceptors (Lipinski definition) is 7. The van der Waals surface area contributed by atoms with Crippen LogP contribution in [0.5, 0.6) is 0 Å². The second-order valence-corrected chi connectivity index (χ2v) is 11.8. The lowest BCUT2D eigenvalue weighted by atomic mass is 9.98. The number of nitriles is 1. The average molecular weight is 558 g/mol. The molecule has 2 aromatic heterocycles. The number of fused-ring (bicyclic) bond motifs is 1.